The van der Waals surface area contributed by atoms with Crippen LogP contribution in [0.15, 0.2) is 0 Å². The van der Waals surface area contributed by atoms with Gasteiger partial charge < -0.3 is 5.11 Å². The molecule has 0 amide bonds. The molecule has 2 bridgehead atoms. The van der Waals surface area contributed by atoms with Gasteiger partial charge >= 0.3 is 5.97 Å². The molecule has 2 fully saturated rings. The summed E-state index contributed by atoms with van der Waals surface area (Å²) in [5.74, 6) is -0.0439. The van der Waals surface area contributed by atoms with Gasteiger partial charge in [0.05, 0.1) is 5.92 Å². The van der Waals surface area contributed by atoms with Gasteiger partial charge in [0.25, 0.3) is 0 Å². The molecule has 1 N–H and O–H groups in total. The van der Waals surface area contributed by atoms with Gasteiger partial charge in [-0.1, -0.05) is 20.8 Å². The third-order valence-electron chi connectivity index (χ3n) is 5.09. The SMILES string of the molecule is CC1(C)[C@H]2CC[C@]1(C)[C@H](C(=O)O)C2. The summed E-state index contributed by atoms with van der Waals surface area (Å²) in [6.07, 6.45) is 3.23. The average Bonchev–Trinajstić information content (AvgIpc) is 2.34. The van der Waals surface area contributed by atoms with Crippen molar-refractivity contribution in [3.8, 4) is 0 Å². The Hall–Kier alpha value is -0.530. The molecule has 0 radical (unpaired) electrons. The van der Waals surface area contributed by atoms with Gasteiger partial charge in [0.15, 0.2) is 0 Å². The minimum Gasteiger partial charge on any atom is -0.481 e. The van der Waals surface area contributed by atoms with Gasteiger partial charge in [-0.25, -0.2) is 0 Å². The molecule has 2 saturated carbocycles. The number of carboxylic acids is 1. The van der Waals surface area contributed by atoms with E-state index in [-0.39, 0.29) is 16.7 Å². The van der Waals surface area contributed by atoms with Crippen molar-refractivity contribution in [2.45, 2.75) is 40.0 Å². The van der Waals surface area contributed by atoms with Crippen LogP contribution in [-0.4, -0.2) is 11.1 Å². The van der Waals surface area contributed by atoms with Crippen LogP contribution in [0.2, 0.25) is 0 Å². The number of rotatable bonds is 1. The number of carboxylic acid groups (broad SMARTS) is 1. The van der Waals surface area contributed by atoms with Crippen LogP contribution >= 0.6 is 0 Å². The molecule has 0 spiro atoms. The van der Waals surface area contributed by atoms with E-state index in [0.29, 0.717) is 5.92 Å². The molecule has 2 aliphatic carbocycles. The van der Waals surface area contributed by atoms with Crippen LogP contribution < -0.4 is 0 Å². The first kappa shape index (κ1) is 9.04. The largest absolute Gasteiger partial charge is 0.481 e. The first-order valence-corrected chi connectivity index (χ1v) is 5.12. The Balaban J connectivity index is 2.38. The number of carbonyl (C=O) groups is 1. The summed E-state index contributed by atoms with van der Waals surface area (Å²) in [6.45, 7) is 6.65. The first-order valence-electron chi connectivity index (χ1n) is 5.12. The van der Waals surface area contributed by atoms with Crippen LogP contribution in [0.3, 0.4) is 0 Å². The van der Waals surface area contributed by atoms with E-state index in [1.165, 1.54) is 6.42 Å². The minimum absolute atomic E-state index is 0.0451. The molecule has 0 saturated heterocycles. The Morgan fingerprint density at radius 1 is 1.38 bits per heavy atom. The van der Waals surface area contributed by atoms with E-state index in [9.17, 15) is 4.79 Å². The van der Waals surface area contributed by atoms with Gasteiger partial charge in [-0.05, 0) is 36.0 Å². The predicted molar refractivity (Wildman–Crippen MR) is 50.4 cm³/mol. The number of hydrogen-bond acceptors (Lipinski definition) is 1. The van der Waals surface area contributed by atoms with E-state index in [2.05, 4.69) is 20.8 Å². The van der Waals surface area contributed by atoms with Gasteiger partial charge in [-0.15, -0.1) is 0 Å². The lowest BCUT2D eigenvalue weighted by Crippen LogP contribution is -2.36. The van der Waals surface area contributed by atoms with Crippen molar-refractivity contribution in [2.75, 3.05) is 0 Å². The molecule has 2 rings (SSSR count). The number of aliphatic carboxylic acids is 1. The third kappa shape index (κ3) is 0.866. The monoisotopic (exact) mass is 182 g/mol. The van der Waals surface area contributed by atoms with Crippen LogP contribution in [0.25, 0.3) is 0 Å². The van der Waals surface area contributed by atoms with E-state index in [4.69, 9.17) is 5.11 Å². The Morgan fingerprint density at radius 3 is 2.23 bits per heavy atom. The van der Waals surface area contributed by atoms with Crippen molar-refractivity contribution < 1.29 is 9.90 Å². The summed E-state index contributed by atoms with van der Waals surface area (Å²) < 4.78 is 0. The average molecular weight is 182 g/mol. The van der Waals surface area contributed by atoms with Gasteiger partial charge in [-0.3, -0.25) is 4.79 Å². The van der Waals surface area contributed by atoms with E-state index in [1.807, 2.05) is 0 Å². The Morgan fingerprint density at radius 2 is 2.00 bits per heavy atom. The summed E-state index contributed by atoms with van der Waals surface area (Å²) in [4.78, 5) is 11.1. The summed E-state index contributed by atoms with van der Waals surface area (Å²) in [6, 6.07) is 0. The van der Waals surface area contributed by atoms with E-state index >= 15 is 0 Å². The second-order valence-electron chi connectivity index (χ2n) is 5.50. The van der Waals surface area contributed by atoms with Gasteiger partial charge in [0.2, 0.25) is 0 Å². The molecule has 0 heterocycles. The van der Waals surface area contributed by atoms with Gasteiger partial charge in [-0.2, -0.15) is 0 Å². The highest BCUT2D eigenvalue weighted by molar-refractivity contribution is 5.72. The summed E-state index contributed by atoms with van der Waals surface area (Å²) in [7, 11) is 0. The highest BCUT2D eigenvalue weighted by Gasteiger charge is 2.63. The number of fused-ring (bicyclic) bond motifs is 2. The summed E-state index contributed by atoms with van der Waals surface area (Å²) in [5.41, 5.74) is 0.277. The fraction of sp³-hybridized carbons (Fsp3) is 0.909. The second-order valence-corrected chi connectivity index (χ2v) is 5.50. The van der Waals surface area contributed by atoms with Crippen LogP contribution in [0.1, 0.15) is 40.0 Å². The van der Waals surface area contributed by atoms with Crippen molar-refractivity contribution in [3.63, 3.8) is 0 Å². The zero-order valence-corrected chi connectivity index (χ0v) is 8.63. The second kappa shape index (κ2) is 2.28. The Labute approximate surface area is 79.3 Å². The van der Waals surface area contributed by atoms with Crippen LogP contribution in [0.5, 0.6) is 0 Å². The molecule has 2 aliphatic rings. The van der Waals surface area contributed by atoms with E-state index in [0.717, 1.165) is 12.8 Å². The maximum absolute atomic E-state index is 11.1. The fourth-order valence-electron chi connectivity index (χ4n) is 3.58. The van der Waals surface area contributed by atoms with Crippen LogP contribution in [-0.2, 0) is 4.79 Å². The van der Waals surface area contributed by atoms with E-state index < -0.39 is 5.97 Å². The van der Waals surface area contributed by atoms with Crippen molar-refractivity contribution in [2.24, 2.45) is 22.7 Å². The molecular formula is C11H18O2. The van der Waals surface area contributed by atoms with Crippen LogP contribution in [0.4, 0.5) is 0 Å². The standard InChI is InChI=1S/C11H18O2/c1-10(2)7-4-5-11(10,3)8(6-7)9(12)13/h7-8H,4-6H2,1-3H3,(H,12,13)/t7-,8-,11+/m0/s1. The number of hydrogen-bond donors (Lipinski definition) is 1. The minimum atomic E-state index is -0.585. The molecule has 3 atom stereocenters. The molecule has 13 heavy (non-hydrogen) atoms. The summed E-state index contributed by atoms with van der Waals surface area (Å²) >= 11 is 0. The zero-order valence-electron chi connectivity index (χ0n) is 8.63. The topological polar surface area (TPSA) is 37.3 Å². The molecule has 0 unspecified atom stereocenters. The van der Waals surface area contributed by atoms with Crippen molar-refractivity contribution >= 4 is 5.97 Å². The highest BCUT2D eigenvalue weighted by atomic mass is 16.4. The molecule has 74 valence electrons. The highest BCUT2D eigenvalue weighted by Crippen LogP contribution is 2.68. The smallest absolute Gasteiger partial charge is 0.307 e. The van der Waals surface area contributed by atoms with Crippen molar-refractivity contribution in [1.29, 1.82) is 0 Å². The maximum Gasteiger partial charge on any atom is 0.307 e. The molecule has 0 aromatic rings. The van der Waals surface area contributed by atoms with Gasteiger partial charge in [0.1, 0.15) is 0 Å². The zero-order chi connectivity index (χ0) is 9.85. The molecular weight excluding hydrogens is 164 g/mol. The molecule has 0 aliphatic heterocycles. The molecule has 2 heteroatoms. The normalized spacial score (nSPS) is 46.7. The van der Waals surface area contributed by atoms with Crippen molar-refractivity contribution in [3.05, 3.63) is 0 Å². The lowest BCUT2D eigenvalue weighted by Gasteiger charge is -2.37. The lowest BCUT2D eigenvalue weighted by molar-refractivity contribution is -0.147. The maximum atomic E-state index is 11.1. The first-order chi connectivity index (χ1) is 5.89. The Bertz CT molecular complexity index is 257. The predicted octanol–water partition coefficient (Wildman–Crippen LogP) is 2.53. The quantitative estimate of drug-likeness (QED) is 0.676. The lowest BCUT2D eigenvalue weighted by atomic mass is 9.67. The van der Waals surface area contributed by atoms with E-state index in [1.54, 1.807) is 0 Å². The Kier molecular flexibility index (Phi) is 1.59. The van der Waals surface area contributed by atoms with Crippen LogP contribution in [0, 0.1) is 22.7 Å². The molecule has 0 aromatic heterocycles. The molecule has 0 aromatic carbocycles. The van der Waals surface area contributed by atoms with Gasteiger partial charge in [0, 0.05) is 0 Å². The molecule has 2 nitrogen and oxygen atoms in total. The van der Waals surface area contributed by atoms with Crippen molar-refractivity contribution in [1.82, 2.24) is 0 Å². The third-order valence-corrected chi connectivity index (χ3v) is 5.09. The fourth-order valence-corrected chi connectivity index (χ4v) is 3.58. The summed E-state index contributed by atoms with van der Waals surface area (Å²) in [5, 5.41) is 9.13.